The summed E-state index contributed by atoms with van der Waals surface area (Å²) in [5.41, 5.74) is 2.64. The number of aromatic amines is 1. The van der Waals surface area contributed by atoms with Crippen molar-refractivity contribution in [2.75, 3.05) is 0 Å². The number of H-pyrrole nitrogens is 1. The number of nitrogens with one attached hydrogen (secondary N) is 2. The Bertz CT molecular complexity index is 834. The topological polar surface area (TPSA) is 138 Å². The highest BCUT2D eigenvalue weighted by atomic mass is 35.5. The van der Waals surface area contributed by atoms with Crippen LogP contribution in [0.15, 0.2) is 27.8 Å². The number of aliphatic imine (C=N–C) groups is 1. The SMILES string of the molecule is ONC(=Nc1ccc(F)c(Cl)c1)c1nonc1Cc1nn[nH]n1. The molecule has 0 atom stereocenters. The van der Waals surface area contributed by atoms with Crippen molar-refractivity contribution in [3.05, 3.63) is 46.3 Å². The normalized spacial score (nSPS) is 11.7. The first kappa shape index (κ1) is 15.0. The van der Waals surface area contributed by atoms with Gasteiger partial charge >= 0.3 is 0 Å². The molecular formula is C11H8ClFN8O2. The second kappa shape index (κ2) is 6.46. The molecule has 0 aliphatic carbocycles. The molecule has 0 radical (unpaired) electrons. The van der Waals surface area contributed by atoms with Gasteiger partial charge in [-0.2, -0.15) is 5.21 Å². The van der Waals surface area contributed by atoms with E-state index in [0.29, 0.717) is 17.2 Å². The van der Waals surface area contributed by atoms with Gasteiger partial charge in [0.2, 0.25) is 0 Å². The third kappa shape index (κ3) is 3.30. The summed E-state index contributed by atoms with van der Waals surface area (Å²) in [6, 6.07) is 3.82. The van der Waals surface area contributed by atoms with E-state index in [0.717, 1.165) is 6.07 Å². The highest BCUT2D eigenvalue weighted by molar-refractivity contribution is 6.31. The van der Waals surface area contributed by atoms with Gasteiger partial charge < -0.3 is 0 Å². The molecule has 2 aromatic heterocycles. The van der Waals surface area contributed by atoms with E-state index in [2.05, 4.69) is 40.6 Å². The molecule has 0 unspecified atom stereocenters. The first-order valence-corrected chi connectivity index (χ1v) is 6.53. The van der Waals surface area contributed by atoms with Gasteiger partial charge in [-0.15, -0.1) is 10.2 Å². The van der Waals surface area contributed by atoms with Crippen LogP contribution in [0.25, 0.3) is 0 Å². The lowest BCUT2D eigenvalue weighted by molar-refractivity contribution is 0.234. The van der Waals surface area contributed by atoms with Crippen molar-refractivity contribution in [1.29, 1.82) is 0 Å². The number of rotatable bonds is 4. The van der Waals surface area contributed by atoms with Crippen molar-refractivity contribution in [2.45, 2.75) is 6.42 Å². The lowest BCUT2D eigenvalue weighted by Gasteiger charge is -2.03. The summed E-state index contributed by atoms with van der Waals surface area (Å²) < 4.78 is 17.8. The first-order chi connectivity index (χ1) is 11.2. The largest absolute Gasteiger partial charge is 0.290 e. The highest BCUT2D eigenvalue weighted by Gasteiger charge is 2.18. The van der Waals surface area contributed by atoms with Crippen LogP contribution in [-0.4, -0.2) is 42.0 Å². The van der Waals surface area contributed by atoms with E-state index in [1.807, 2.05) is 5.48 Å². The molecule has 3 N–H and O–H groups in total. The van der Waals surface area contributed by atoms with Crippen LogP contribution in [0.3, 0.4) is 0 Å². The van der Waals surface area contributed by atoms with Crippen molar-refractivity contribution in [3.63, 3.8) is 0 Å². The second-order valence-corrected chi connectivity index (χ2v) is 4.64. The summed E-state index contributed by atoms with van der Waals surface area (Å²) in [5.74, 6) is -0.290. The number of amidine groups is 1. The Hall–Kier alpha value is -2.92. The Morgan fingerprint density at radius 2 is 2.30 bits per heavy atom. The van der Waals surface area contributed by atoms with Crippen LogP contribution in [0.1, 0.15) is 17.2 Å². The zero-order valence-corrected chi connectivity index (χ0v) is 12.0. The average Bonchev–Trinajstić information content (AvgIpc) is 3.21. The number of halogens is 2. The number of hydrogen-bond donors (Lipinski definition) is 3. The Morgan fingerprint density at radius 3 is 3.00 bits per heavy atom. The van der Waals surface area contributed by atoms with Crippen LogP contribution < -0.4 is 5.48 Å². The third-order valence-corrected chi connectivity index (χ3v) is 3.04. The van der Waals surface area contributed by atoms with E-state index < -0.39 is 5.82 Å². The van der Waals surface area contributed by atoms with Gasteiger partial charge in [-0.05, 0) is 23.4 Å². The van der Waals surface area contributed by atoms with Crippen LogP contribution in [0, 0.1) is 5.82 Å². The average molecular weight is 339 g/mol. The molecule has 1 aromatic carbocycles. The van der Waals surface area contributed by atoms with E-state index >= 15 is 0 Å². The molecule has 118 valence electrons. The number of tetrazole rings is 1. The second-order valence-electron chi connectivity index (χ2n) is 4.23. The molecule has 0 amide bonds. The minimum Gasteiger partial charge on any atom is -0.290 e. The van der Waals surface area contributed by atoms with Gasteiger partial charge in [-0.25, -0.2) is 14.0 Å². The summed E-state index contributed by atoms with van der Waals surface area (Å²) in [7, 11) is 0. The number of nitrogens with zero attached hydrogens (tertiary/aromatic N) is 6. The summed E-state index contributed by atoms with van der Waals surface area (Å²) in [6.45, 7) is 0. The van der Waals surface area contributed by atoms with Gasteiger partial charge in [0.1, 0.15) is 11.5 Å². The summed E-state index contributed by atoms with van der Waals surface area (Å²) in [4.78, 5) is 4.09. The van der Waals surface area contributed by atoms with Crippen molar-refractivity contribution in [3.8, 4) is 0 Å². The van der Waals surface area contributed by atoms with Crippen LogP contribution in [0.4, 0.5) is 10.1 Å². The van der Waals surface area contributed by atoms with Gasteiger partial charge in [0.25, 0.3) is 0 Å². The highest BCUT2D eigenvalue weighted by Crippen LogP contribution is 2.22. The van der Waals surface area contributed by atoms with Gasteiger partial charge in [0, 0.05) is 0 Å². The fraction of sp³-hybridized carbons (Fsp3) is 0.0909. The van der Waals surface area contributed by atoms with E-state index in [1.54, 1.807) is 0 Å². The van der Waals surface area contributed by atoms with Crippen molar-refractivity contribution >= 4 is 23.1 Å². The zero-order chi connectivity index (χ0) is 16.2. The molecule has 10 nitrogen and oxygen atoms in total. The van der Waals surface area contributed by atoms with Gasteiger partial charge in [-0.3, -0.25) is 10.7 Å². The standard InChI is InChI=1S/C11H8ClFN8O2/c12-6-3-5(1-2-7(6)13)14-11(17-22)10-8(18-23-19-10)4-9-15-20-21-16-9/h1-3,22H,4H2,(H,14,17)(H,15,16,20,21). The Kier molecular flexibility index (Phi) is 4.21. The molecular weight excluding hydrogens is 331 g/mol. The maximum atomic E-state index is 13.2. The third-order valence-electron chi connectivity index (χ3n) is 2.75. The Balaban J connectivity index is 1.93. The maximum absolute atomic E-state index is 13.2. The zero-order valence-electron chi connectivity index (χ0n) is 11.2. The predicted molar refractivity (Wildman–Crippen MR) is 73.8 cm³/mol. The summed E-state index contributed by atoms with van der Waals surface area (Å²) >= 11 is 5.69. The number of hydrogen-bond acceptors (Lipinski definition) is 8. The summed E-state index contributed by atoms with van der Waals surface area (Å²) in [6.07, 6.45) is 0.153. The molecule has 0 aliphatic rings. The molecule has 12 heteroatoms. The maximum Gasteiger partial charge on any atom is 0.182 e. The van der Waals surface area contributed by atoms with Crippen LogP contribution >= 0.6 is 11.6 Å². The molecule has 23 heavy (non-hydrogen) atoms. The van der Waals surface area contributed by atoms with E-state index in [9.17, 15) is 9.60 Å². The monoisotopic (exact) mass is 338 g/mol. The van der Waals surface area contributed by atoms with Crippen molar-refractivity contribution in [1.82, 2.24) is 36.4 Å². The van der Waals surface area contributed by atoms with Crippen molar-refractivity contribution in [2.24, 2.45) is 4.99 Å². The molecule has 3 aromatic rings. The predicted octanol–water partition coefficient (Wildman–Crippen LogP) is 1.02. The number of benzene rings is 1. The Labute approximate surface area is 132 Å². The fourth-order valence-electron chi connectivity index (χ4n) is 1.72. The molecule has 3 rings (SSSR count). The first-order valence-electron chi connectivity index (χ1n) is 6.15. The molecule has 0 saturated heterocycles. The molecule has 2 heterocycles. The van der Waals surface area contributed by atoms with Crippen LogP contribution in [-0.2, 0) is 6.42 Å². The van der Waals surface area contributed by atoms with Gasteiger partial charge in [-0.1, -0.05) is 22.0 Å². The number of hydroxylamine groups is 1. The van der Waals surface area contributed by atoms with E-state index in [-0.39, 0.29) is 23.0 Å². The van der Waals surface area contributed by atoms with E-state index in [4.69, 9.17) is 11.6 Å². The minimum atomic E-state index is -0.579. The lowest BCUT2D eigenvalue weighted by atomic mass is 10.2. The fourth-order valence-corrected chi connectivity index (χ4v) is 1.90. The lowest BCUT2D eigenvalue weighted by Crippen LogP contribution is -2.22. The molecule has 0 fully saturated rings. The smallest absolute Gasteiger partial charge is 0.182 e. The van der Waals surface area contributed by atoms with Crippen LogP contribution in [0.2, 0.25) is 5.02 Å². The quantitative estimate of drug-likeness (QED) is 0.364. The van der Waals surface area contributed by atoms with Crippen molar-refractivity contribution < 1.29 is 14.2 Å². The summed E-state index contributed by atoms with van der Waals surface area (Å²) in [5, 5.41) is 29.9. The van der Waals surface area contributed by atoms with Gasteiger partial charge in [0.15, 0.2) is 17.4 Å². The van der Waals surface area contributed by atoms with Crippen LogP contribution in [0.5, 0.6) is 0 Å². The minimum absolute atomic E-state index is 0.0626. The molecule has 0 saturated carbocycles. The molecule has 0 spiro atoms. The molecule has 0 aliphatic heterocycles. The number of aromatic nitrogens is 6. The Morgan fingerprint density at radius 1 is 1.43 bits per heavy atom. The molecule has 0 bridgehead atoms. The van der Waals surface area contributed by atoms with Gasteiger partial charge in [0.05, 0.1) is 17.1 Å². The van der Waals surface area contributed by atoms with E-state index in [1.165, 1.54) is 12.1 Å².